The molecule has 0 radical (unpaired) electrons. The van der Waals surface area contributed by atoms with Crippen LogP contribution in [0.5, 0.6) is 11.5 Å². The molecule has 4 heteroatoms. The van der Waals surface area contributed by atoms with Crippen LogP contribution in [-0.2, 0) is 0 Å². The van der Waals surface area contributed by atoms with Crippen LogP contribution in [0.4, 0.5) is 0 Å². The van der Waals surface area contributed by atoms with Gasteiger partial charge in [-0.05, 0) is 38.9 Å². The summed E-state index contributed by atoms with van der Waals surface area (Å²) in [6.07, 6.45) is 2.70. The zero-order valence-electron chi connectivity index (χ0n) is 12.8. The first-order valence-corrected chi connectivity index (χ1v) is 7.42. The van der Waals surface area contributed by atoms with Crippen LogP contribution in [0.2, 0.25) is 0 Å². The van der Waals surface area contributed by atoms with Crippen LogP contribution in [0.1, 0.15) is 31.4 Å². The van der Waals surface area contributed by atoms with Crippen LogP contribution >= 0.6 is 0 Å². The molecular formula is C16H26N2O2. The quantitative estimate of drug-likeness (QED) is 0.830. The van der Waals surface area contributed by atoms with E-state index in [1.165, 1.54) is 31.5 Å². The first-order valence-electron chi connectivity index (χ1n) is 7.42. The highest BCUT2D eigenvalue weighted by Gasteiger charge is 2.14. The van der Waals surface area contributed by atoms with Gasteiger partial charge in [0.25, 0.3) is 0 Å². The normalized spacial score (nSPS) is 17.1. The van der Waals surface area contributed by atoms with Gasteiger partial charge in [-0.3, -0.25) is 0 Å². The highest BCUT2D eigenvalue weighted by molar-refractivity contribution is 5.42. The van der Waals surface area contributed by atoms with Crippen LogP contribution in [0.25, 0.3) is 0 Å². The Kier molecular flexibility index (Phi) is 5.68. The molecule has 2 rings (SSSR count). The van der Waals surface area contributed by atoms with Crippen molar-refractivity contribution in [2.24, 2.45) is 0 Å². The van der Waals surface area contributed by atoms with Crippen LogP contribution in [-0.4, -0.2) is 45.3 Å². The van der Waals surface area contributed by atoms with Gasteiger partial charge in [0.1, 0.15) is 11.5 Å². The first kappa shape index (κ1) is 15.1. The van der Waals surface area contributed by atoms with Gasteiger partial charge in [0.2, 0.25) is 0 Å². The second-order valence-electron chi connectivity index (χ2n) is 5.33. The zero-order chi connectivity index (χ0) is 14.4. The summed E-state index contributed by atoms with van der Waals surface area (Å²) in [6, 6.07) is 6.27. The molecule has 1 atom stereocenters. The van der Waals surface area contributed by atoms with Crippen LogP contribution < -0.4 is 14.8 Å². The second kappa shape index (κ2) is 7.50. The summed E-state index contributed by atoms with van der Waals surface area (Å²) in [5, 5.41) is 3.58. The Balaban J connectivity index is 1.88. The minimum atomic E-state index is 0.276. The molecule has 1 heterocycles. The maximum absolute atomic E-state index is 5.46. The van der Waals surface area contributed by atoms with Crippen molar-refractivity contribution >= 4 is 0 Å². The molecule has 0 aromatic heterocycles. The van der Waals surface area contributed by atoms with E-state index in [9.17, 15) is 0 Å². The third-order valence-corrected chi connectivity index (χ3v) is 3.98. The number of nitrogens with one attached hydrogen (secondary N) is 1. The zero-order valence-corrected chi connectivity index (χ0v) is 12.8. The van der Waals surface area contributed by atoms with E-state index < -0.39 is 0 Å². The van der Waals surface area contributed by atoms with Crippen molar-refractivity contribution < 1.29 is 9.47 Å². The van der Waals surface area contributed by atoms with E-state index in [2.05, 4.69) is 23.2 Å². The topological polar surface area (TPSA) is 33.7 Å². The molecule has 1 N–H and O–H groups in total. The van der Waals surface area contributed by atoms with Gasteiger partial charge in [-0.25, -0.2) is 0 Å². The lowest BCUT2D eigenvalue weighted by Crippen LogP contribution is -2.31. The molecule has 1 fully saturated rings. The van der Waals surface area contributed by atoms with Crippen molar-refractivity contribution in [1.29, 1.82) is 0 Å². The summed E-state index contributed by atoms with van der Waals surface area (Å²) in [7, 11) is 3.38. The van der Waals surface area contributed by atoms with Crippen LogP contribution in [0.15, 0.2) is 18.2 Å². The molecule has 0 aliphatic carbocycles. The smallest absolute Gasteiger partial charge is 0.127 e. The lowest BCUT2D eigenvalue weighted by Gasteiger charge is -2.20. The van der Waals surface area contributed by atoms with Crippen molar-refractivity contribution in [3.63, 3.8) is 0 Å². The fourth-order valence-corrected chi connectivity index (χ4v) is 2.73. The Labute approximate surface area is 122 Å². The molecular weight excluding hydrogens is 252 g/mol. The third-order valence-electron chi connectivity index (χ3n) is 3.98. The monoisotopic (exact) mass is 278 g/mol. The molecule has 1 aliphatic rings. The van der Waals surface area contributed by atoms with E-state index in [0.717, 1.165) is 24.6 Å². The number of likely N-dealkylation sites (tertiary alicyclic amines) is 1. The molecule has 112 valence electrons. The minimum absolute atomic E-state index is 0.276. The fraction of sp³-hybridized carbons (Fsp3) is 0.625. The summed E-state index contributed by atoms with van der Waals surface area (Å²) in [6.45, 7) is 6.82. The predicted molar refractivity (Wildman–Crippen MR) is 81.6 cm³/mol. The van der Waals surface area contributed by atoms with E-state index in [0.29, 0.717) is 0 Å². The van der Waals surface area contributed by atoms with Crippen molar-refractivity contribution in [2.75, 3.05) is 40.4 Å². The number of methoxy groups -OCH3 is 2. The van der Waals surface area contributed by atoms with Crippen molar-refractivity contribution in [1.82, 2.24) is 10.2 Å². The molecule has 4 nitrogen and oxygen atoms in total. The van der Waals surface area contributed by atoms with Gasteiger partial charge in [-0.1, -0.05) is 6.07 Å². The highest BCUT2D eigenvalue weighted by Crippen LogP contribution is 2.29. The van der Waals surface area contributed by atoms with E-state index in [4.69, 9.17) is 9.47 Å². The first-order chi connectivity index (χ1) is 9.74. The molecule has 0 amide bonds. The average Bonchev–Trinajstić information content (AvgIpc) is 2.99. The lowest BCUT2D eigenvalue weighted by atomic mass is 10.1. The van der Waals surface area contributed by atoms with Crippen molar-refractivity contribution in [3.8, 4) is 11.5 Å². The Bertz CT molecular complexity index is 417. The van der Waals surface area contributed by atoms with Gasteiger partial charge in [0.05, 0.1) is 14.2 Å². The van der Waals surface area contributed by atoms with Gasteiger partial charge in [0.15, 0.2) is 0 Å². The van der Waals surface area contributed by atoms with Crippen LogP contribution in [0, 0.1) is 0 Å². The van der Waals surface area contributed by atoms with Crippen molar-refractivity contribution in [3.05, 3.63) is 23.8 Å². The fourth-order valence-electron chi connectivity index (χ4n) is 2.73. The Morgan fingerprint density at radius 1 is 1.20 bits per heavy atom. The van der Waals surface area contributed by atoms with E-state index in [1.54, 1.807) is 14.2 Å². The summed E-state index contributed by atoms with van der Waals surface area (Å²) in [5.41, 5.74) is 1.18. The van der Waals surface area contributed by atoms with Crippen molar-refractivity contribution in [2.45, 2.75) is 25.8 Å². The van der Waals surface area contributed by atoms with E-state index in [-0.39, 0.29) is 6.04 Å². The summed E-state index contributed by atoms with van der Waals surface area (Å²) in [5.74, 6) is 1.71. The number of rotatable bonds is 7. The molecule has 0 spiro atoms. The average molecular weight is 278 g/mol. The number of nitrogens with zero attached hydrogens (tertiary/aromatic N) is 1. The molecule has 1 saturated heterocycles. The number of hydrogen-bond acceptors (Lipinski definition) is 4. The summed E-state index contributed by atoms with van der Waals surface area (Å²) >= 11 is 0. The number of benzene rings is 1. The second-order valence-corrected chi connectivity index (χ2v) is 5.33. The molecule has 20 heavy (non-hydrogen) atoms. The Morgan fingerprint density at radius 3 is 2.60 bits per heavy atom. The number of ether oxygens (including phenoxy) is 2. The van der Waals surface area contributed by atoms with E-state index in [1.807, 2.05) is 12.1 Å². The van der Waals surface area contributed by atoms with Gasteiger partial charge < -0.3 is 19.7 Å². The van der Waals surface area contributed by atoms with Gasteiger partial charge in [0, 0.05) is 30.8 Å². The minimum Gasteiger partial charge on any atom is -0.497 e. The van der Waals surface area contributed by atoms with E-state index >= 15 is 0 Å². The molecule has 1 aliphatic heterocycles. The summed E-state index contributed by atoms with van der Waals surface area (Å²) < 4.78 is 10.7. The molecule has 0 bridgehead atoms. The van der Waals surface area contributed by atoms with Gasteiger partial charge in [-0.15, -0.1) is 0 Å². The Morgan fingerprint density at radius 2 is 1.95 bits per heavy atom. The standard InChI is InChI=1S/C16H26N2O2/c1-13(17-8-11-18-9-4-5-10-18)15-7-6-14(19-2)12-16(15)20-3/h6-7,12-13,17H,4-5,8-11H2,1-3H3. The SMILES string of the molecule is COc1ccc(C(C)NCCN2CCCC2)c(OC)c1. The van der Waals surface area contributed by atoms with Gasteiger partial charge in [-0.2, -0.15) is 0 Å². The maximum Gasteiger partial charge on any atom is 0.127 e. The lowest BCUT2D eigenvalue weighted by molar-refractivity contribution is 0.328. The molecule has 1 unspecified atom stereocenters. The maximum atomic E-state index is 5.46. The summed E-state index contributed by atoms with van der Waals surface area (Å²) in [4.78, 5) is 2.52. The molecule has 0 saturated carbocycles. The third kappa shape index (κ3) is 3.87. The molecule has 1 aromatic carbocycles. The highest BCUT2D eigenvalue weighted by atomic mass is 16.5. The number of hydrogen-bond donors (Lipinski definition) is 1. The van der Waals surface area contributed by atoms with Crippen LogP contribution in [0.3, 0.4) is 0 Å². The largest absolute Gasteiger partial charge is 0.497 e. The molecule has 1 aromatic rings. The predicted octanol–water partition coefficient (Wildman–Crippen LogP) is 2.45. The van der Waals surface area contributed by atoms with Gasteiger partial charge >= 0.3 is 0 Å². The Hall–Kier alpha value is -1.26.